The molecule has 1 unspecified atom stereocenters. The number of nitrogens with zero attached hydrogens (tertiary/aromatic N) is 1. The van der Waals surface area contributed by atoms with Crippen LogP contribution >= 0.6 is 11.3 Å². The number of hydrogen-bond donors (Lipinski definition) is 2. The van der Waals surface area contributed by atoms with E-state index >= 15 is 0 Å². The molecule has 4 nitrogen and oxygen atoms in total. The van der Waals surface area contributed by atoms with Crippen molar-refractivity contribution in [3.8, 4) is 5.75 Å². The quantitative estimate of drug-likeness (QED) is 0.577. The third-order valence-electron chi connectivity index (χ3n) is 4.22. The van der Waals surface area contributed by atoms with Crippen LogP contribution in [-0.4, -0.2) is 10.1 Å². The highest BCUT2D eigenvalue weighted by molar-refractivity contribution is 7.08. The van der Waals surface area contributed by atoms with Gasteiger partial charge in [0.05, 0.1) is 6.20 Å². The number of anilines is 1. The Balaban J connectivity index is 1.83. The van der Waals surface area contributed by atoms with E-state index in [0.29, 0.717) is 5.52 Å². The zero-order valence-corrected chi connectivity index (χ0v) is 14.5. The summed E-state index contributed by atoms with van der Waals surface area (Å²) in [5.74, 6) is 1.12. The van der Waals surface area contributed by atoms with Gasteiger partial charge in [-0.2, -0.15) is 11.3 Å². The number of aromatic nitrogens is 2. The molecule has 0 bridgehead atoms. The molecule has 0 fully saturated rings. The standard InChI is InChI=1S/C20H17N3OS/c1-13-6-9-21-17(11-13)23-18(15-7-10-25-12-15)16-5-4-14-3-2-8-22-19(14)20(16)24/h2-12,18,24H,1H3,(H,21,23)/p+1. The number of hydrogen-bond acceptors (Lipinski definition) is 4. The fourth-order valence-electron chi connectivity index (χ4n) is 2.98. The van der Waals surface area contributed by atoms with Crippen molar-refractivity contribution in [1.82, 2.24) is 4.98 Å². The third-order valence-corrected chi connectivity index (χ3v) is 4.93. The van der Waals surface area contributed by atoms with Gasteiger partial charge in [-0.15, -0.1) is 0 Å². The van der Waals surface area contributed by atoms with Gasteiger partial charge in [0, 0.05) is 28.8 Å². The van der Waals surface area contributed by atoms with E-state index in [4.69, 9.17) is 0 Å². The van der Waals surface area contributed by atoms with Crippen LogP contribution in [-0.2, 0) is 0 Å². The van der Waals surface area contributed by atoms with Crippen LogP contribution in [0.4, 0.5) is 5.82 Å². The number of rotatable bonds is 4. The summed E-state index contributed by atoms with van der Waals surface area (Å²) >= 11 is 1.64. The third kappa shape index (κ3) is 3.06. The molecule has 3 heterocycles. The molecule has 3 aromatic heterocycles. The Kier molecular flexibility index (Phi) is 4.07. The Morgan fingerprint density at radius 2 is 2.12 bits per heavy atom. The maximum atomic E-state index is 10.8. The van der Waals surface area contributed by atoms with Gasteiger partial charge in [-0.3, -0.25) is 10.3 Å². The summed E-state index contributed by atoms with van der Waals surface area (Å²) in [4.78, 5) is 7.57. The first-order valence-corrected chi connectivity index (χ1v) is 9.00. The zero-order chi connectivity index (χ0) is 17.2. The molecule has 0 saturated carbocycles. The fraction of sp³-hybridized carbons (Fsp3) is 0.100. The van der Waals surface area contributed by atoms with Crippen LogP contribution in [0.15, 0.2) is 65.6 Å². The molecule has 0 radical (unpaired) electrons. The first-order valence-electron chi connectivity index (χ1n) is 8.06. The molecule has 0 aliphatic carbocycles. The van der Waals surface area contributed by atoms with Gasteiger partial charge >= 0.3 is 0 Å². The largest absolute Gasteiger partial charge is 0.505 e. The molecule has 0 spiro atoms. The number of phenolic OH excluding ortho intramolecular Hbond substituents is 1. The average Bonchev–Trinajstić information content (AvgIpc) is 3.15. The highest BCUT2D eigenvalue weighted by Crippen LogP contribution is 2.36. The number of thiophene rings is 1. The minimum atomic E-state index is -0.171. The normalized spacial score (nSPS) is 12.2. The summed E-state index contributed by atoms with van der Waals surface area (Å²) in [5, 5.41) is 19.4. The molecule has 4 aromatic rings. The highest BCUT2D eigenvalue weighted by atomic mass is 32.1. The van der Waals surface area contributed by atoms with Crippen LogP contribution in [0.1, 0.15) is 22.7 Å². The van der Waals surface area contributed by atoms with Crippen LogP contribution in [0.2, 0.25) is 0 Å². The number of aromatic amines is 1. The molecule has 0 saturated heterocycles. The van der Waals surface area contributed by atoms with Gasteiger partial charge in [0.2, 0.25) is 0 Å². The monoisotopic (exact) mass is 348 g/mol. The molecular weight excluding hydrogens is 330 g/mol. The lowest BCUT2D eigenvalue weighted by Gasteiger charge is -2.16. The fourth-order valence-corrected chi connectivity index (χ4v) is 3.66. The van der Waals surface area contributed by atoms with Crippen molar-refractivity contribution < 1.29 is 10.1 Å². The summed E-state index contributed by atoms with van der Waals surface area (Å²) in [6.07, 6.45) is 3.61. The number of benzene rings is 1. The molecule has 0 amide bonds. The van der Waals surface area contributed by atoms with Gasteiger partial charge in [0.1, 0.15) is 17.3 Å². The van der Waals surface area contributed by atoms with E-state index < -0.39 is 0 Å². The molecule has 0 aliphatic heterocycles. The van der Waals surface area contributed by atoms with E-state index in [2.05, 4.69) is 39.7 Å². The van der Waals surface area contributed by atoms with Crippen LogP contribution < -0.4 is 10.3 Å². The van der Waals surface area contributed by atoms with Crippen LogP contribution in [0, 0.1) is 6.92 Å². The van der Waals surface area contributed by atoms with Crippen molar-refractivity contribution >= 4 is 28.1 Å². The molecule has 1 atom stereocenters. The minimum absolute atomic E-state index is 0.171. The molecule has 124 valence electrons. The predicted octanol–water partition coefficient (Wildman–Crippen LogP) is 4.33. The number of aryl methyl sites for hydroxylation is 1. The Morgan fingerprint density at radius 1 is 1.20 bits per heavy atom. The number of aromatic hydroxyl groups is 1. The van der Waals surface area contributed by atoms with Crippen molar-refractivity contribution in [2.45, 2.75) is 13.0 Å². The van der Waals surface area contributed by atoms with E-state index in [1.54, 1.807) is 17.5 Å². The first-order chi connectivity index (χ1) is 12.2. The second-order valence-corrected chi connectivity index (χ2v) is 6.77. The van der Waals surface area contributed by atoms with Gasteiger partial charge in [0.25, 0.3) is 5.82 Å². The van der Waals surface area contributed by atoms with E-state index in [9.17, 15) is 5.11 Å². The molecule has 3 N–H and O–H groups in total. The van der Waals surface area contributed by atoms with Crippen molar-refractivity contribution in [3.05, 3.63) is 82.3 Å². The van der Waals surface area contributed by atoms with Gasteiger partial charge in [-0.1, -0.05) is 12.1 Å². The Bertz CT molecular complexity index is 1010. The van der Waals surface area contributed by atoms with Gasteiger partial charge < -0.3 is 5.11 Å². The molecule has 4 rings (SSSR count). The lowest BCUT2D eigenvalue weighted by Crippen LogP contribution is -2.18. The summed E-state index contributed by atoms with van der Waals surface area (Å²) in [7, 11) is 0. The van der Waals surface area contributed by atoms with E-state index in [1.807, 2.05) is 41.9 Å². The van der Waals surface area contributed by atoms with Crippen molar-refractivity contribution in [2.75, 3.05) is 5.32 Å². The number of pyridine rings is 2. The lowest BCUT2D eigenvalue weighted by molar-refractivity contribution is -0.361. The molecule has 1 aromatic carbocycles. The number of fused-ring (bicyclic) bond motifs is 1. The summed E-state index contributed by atoms with van der Waals surface area (Å²) in [6, 6.07) is 13.8. The predicted molar refractivity (Wildman–Crippen MR) is 101 cm³/mol. The number of phenols is 1. The second kappa shape index (κ2) is 6.53. The smallest absolute Gasteiger partial charge is 0.273 e. The molecule has 5 heteroatoms. The second-order valence-electron chi connectivity index (χ2n) is 5.99. The SMILES string of the molecule is Cc1cc[nH+]c(NC(c2ccsc2)c2ccc3cccnc3c2O)c1. The van der Waals surface area contributed by atoms with Gasteiger partial charge in [-0.05, 0) is 47.5 Å². The Morgan fingerprint density at radius 3 is 2.92 bits per heavy atom. The van der Waals surface area contributed by atoms with Crippen LogP contribution in [0.3, 0.4) is 0 Å². The Hall–Kier alpha value is -2.92. The van der Waals surface area contributed by atoms with E-state index in [0.717, 1.165) is 27.9 Å². The lowest BCUT2D eigenvalue weighted by atomic mass is 9.98. The van der Waals surface area contributed by atoms with E-state index in [-0.39, 0.29) is 11.8 Å². The molecular formula is C20H18N3OS+. The van der Waals surface area contributed by atoms with Crippen molar-refractivity contribution in [3.63, 3.8) is 0 Å². The highest BCUT2D eigenvalue weighted by Gasteiger charge is 2.24. The van der Waals surface area contributed by atoms with Gasteiger partial charge in [0.15, 0.2) is 0 Å². The van der Waals surface area contributed by atoms with Crippen molar-refractivity contribution in [2.24, 2.45) is 0 Å². The number of H-pyrrole nitrogens is 1. The molecule has 0 aliphatic rings. The van der Waals surface area contributed by atoms with E-state index in [1.165, 1.54) is 0 Å². The van der Waals surface area contributed by atoms with Crippen molar-refractivity contribution in [1.29, 1.82) is 0 Å². The van der Waals surface area contributed by atoms with Gasteiger partial charge in [-0.25, -0.2) is 4.98 Å². The summed E-state index contributed by atoms with van der Waals surface area (Å²) in [6.45, 7) is 2.05. The first kappa shape index (κ1) is 15.6. The maximum Gasteiger partial charge on any atom is 0.273 e. The molecule has 25 heavy (non-hydrogen) atoms. The van der Waals surface area contributed by atoms with Crippen LogP contribution in [0.5, 0.6) is 5.75 Å². The topological polar surface area (TPSA) is 59.3 Å². The van der Waals surface area contributed by atoms with Crippen LogP contribution in [0.25, 0.3) is 10.9 Å². The minimum Gasteiger partial charge on any atom is -0.505 e. The average molecular weight is 348 g/mol. The summed E-state index contributed by atoms with van der Waals surface area (Å²) < 4.78 is 0. The Labute approximate surface area is 149 Å². The zero-order valence-electron chi connectivity index (χ0n) is 13.7. The maximum absolute atomic E-state index is 10.8. The summed E-state index contributed by atoms with van der Waals surface area (Å²) in [5.41, 5.74) is 3.69. The number of nitrogens with one attached hydrogen (secondary N) is 2.